The van der Waals surface area contributed by atoms with Crippen molar-refractivity contribution in [1.29, 1.82) is 0 Å². The molecule has 0 aliphatic rings. The molecule has 0 bridgehead atoms. The molecule has 0 fully saturated rings. The summed E-state index contributed by atoms with van der Waals surface area (Å²) in [5.74, 6) is 1.69. The summed E-state index contributed by atoms with van der Waals surface area (Å²) in [5, 5.41) is 10.7. The van der Waals surface area contributed by atoms with E-state index in [2.05, 4.69) is 29.2 Å². The van der Waals surface area contributed by atoms with Gasteiger partial charge in [-0.1, -0.05) is 54.6 Å². The van der Waals surface area contributed by atoms with Gasteiger partial charge in [0.1, 0.15) is 11.5 Å². The van der Waals surface area contributed by atoms with Crippen LogP contribution in [0.1, 0.15) is 23.1 Å². The zero-order valence-electron chi connectivity index (χ0n) is 19.0. The van der Waals surface area contributed by atoms with Crippen LogP contribution in [0, 0.1) is 0 Å². The lowest BCUT2D eigenvalue weighted by atomic mass is 10.00. The third-order valence-electron chi connectivity index (χ3n) is 5.68. The van der Waals surface area contributed by atoms with E-state index in [1.54, 1.807) is 14.2 Å². The van der Waals surface area contributed by atoms with Gasteiger partial charge in [0, 0.05) is 25.7 Å². The zero-order valence-corrected chi connectivity index (χ0v) is 19.0. The third kappa shape index (κ3) is 7.38. The molecule has 0 unspecified atom stereocenters. The Bertz CT molecular complexity index is 864. The lowest BCUT2D eigenvalue weighted by Gasteiger charge is -2.26. The van der Waals surface area contributed by atoms with Gasteiger partial charge in [-0.2, -0.15) is 0 Å². The minimum absolute atomic E-state index is 0.291. The van der Waals surface area contributed by atoms with Crippen LogP contribution >= 0.6 is 0 Å². The van der Waals surface area contributed by atoms with E-state index >= 15 is 0 Å². The summed E-state index contributed by atoms with van der Waals surface area (Å²) in [4.78, 5) is 2.34. The smallest absolute Gasteiger partial charge is 0.118 e. The Labute approximate surface area is 191 Å². The van der Waals surface area contributed by atoms with Crippen molar-refractivity contribution in [2.75, 3.05) is 20.8 Å². The predicted molar refractivity (Wildman–Crippen MR) is 129 cm³/mol. The molecule has 5 heteroatoms. The summed E-state index contributed by atoms with van der Waals surface area (Å²) in [6.45, 7) is 2.29. The van der Waals surface area contributed by atoms with E-state index in [1.807, 2.05) is 54.6 Å². The molecule has 3 rings (SSSR count). The monoisotopic (exact) mass is 434 g/mol. The average Bonchev–Trinajstić information content (AvgIpc) is 2.84. The maximum atomic E-state index is 10.7. The molecule has 0 heterocycles. The van der Waals surface area contributed by atoms with E-state index < -0.39 is 6.10 Å². The largest absolute Gasteiger partial charge is 0.497 e. The molecule has 3 aromatic rings. The highest BCUT2D eigenvalue weighted by atomic mass is 16.5. The van der Waals surface area contributed by atoms with Gasteiger partial charge in [0.25, 0.3) is 0 Å². The molecule has 0 amide bonds. The van der Waals surface area contributed by atoms with Crippen molar-refractivity contribution in [3.8, 4) is 11.5 Å². The molecule has 0 aliphatic carbocycles. The maximum Gasteiger partial charge on any atom is 0.118 e. The normalized spacial score (nSPS) is 13.0. The fourth-order valence-corrected chi connectivity index (χ4v) is 3.74. The molecule has 170 valence electrons. The summed E-state index contributed by atoms with van der Waals surface area (Å²) >= 11 is 0. The Morgan fingerprint density at radius 2 is 1.25 bits per heavy atom. The molecule has 3 aromatic carbocycles. The number of hydrogen-bond acceptors (Lipinski definition) is 5. The van der Waals surface area contributed by atoms with Gasteiger partial charge in [0.05, 0.1) is 20.3 Å². The second kappa shape index (κ2) is 12.2. The summed E-state index contributed by atoms with van der Waals surface area (Å²) in [6.07, 6.45) is 0.712. The van der Waals surface area contributed by atoms with Gasteiger partial charge in [-0.15, -0.1) is 0 Å². The molecule has 5 nitrogen and oxygen atoms in total. The van der Waals surface area contributed by atoms with Gasteiger partial charge in [0.2, 0.25) is 0 Å². The van der Waals surface area contributed by atoms with E-state index in [1.165, 1.54) is 11.1 Å². The molecule has 0 saturated heterocycles. The first-order valence-electron chi connectivity index (χ1n) is 11.0. The standard InChI is InChI=1S/C27H34N2O3/c1-31-24-12-8-22(9-13-24)19-29(20-23-10-14-25(32-2)15-11-23)17-16-27(30)26(28)18-21-6-4-3-5-7-21/h3-15,26-27,30H,16-20,28H2,1-2H3/t26-,27+/m0/s1. The second-order valence-corrected chi connectivity index (χ2v) is 8.12. The topological polar surface area (TPSA) is 68.0 Å². The number of hydrogen-bond donors (Lipinski definition) is 2. The lowest BCUT2D eigenvalue weighted by molar-refractivity contribution is 0.112. The van der Waals surface area contributed by atoms with Crippen molar-refractivity contribution >= 4 is 0 Å². The van der Waals surface area contributed by atoms with Gasteiger partial charge >= 0.3 is 0 Å². The van der Waals surface area contributed by atoms with E-state index in [-0.39, 0.29) is 6.04 Å². The number of aliphatic hydroxyl groups excluding tert-OH is 1. The molecule has 0 saturated carbocycles. The van der Waals surface area contributed by atoms with E-state index in [9.17, 15) is 5.11 Å². The summed E-state index contributed by atoms with van der Waals surface area (Å²) in [6, 6.07) is 26.0. The lowest BCUT2D eigenvalue weighted by Crippen LogP contribution is -2.39. The van der Waals surface area contributed by atoms with E-state index in [0.717, 1.165) is 36.7 Å². The van der Waals surface area contributed by atoms with Crippen molar-refractivity contribution < 1.29 is 14.6 Å². The Morgan fingerprint density at radius 1 is 0.750 bits per heavy atom. The van der Waals surface area contributed by atoms with Crippen LogP contribution in [0.2, 0.25) is 0 Å². The Balaban J connectivity index is 1.63. The van der Waals surface area contributed by atoms with Gasteiger partial charge in [0.15, 0.2) is 0 Å². The van der Waals surface area contributed by atoms with Gasteiger partial charge in [-0.25, -0.2) is 0 Å². The van der Waals surface area contributed by atoms with Crippen LogP contribution in [0.15, 0.2) is 78.9 Å². The first-order valence-corrected chi connectivity index (χ1v) is 11.0. The van der Waals surface area contributed by atoms with Crippen molar-refractivity contribution in [2.45, 2.75) is 38.1 Å². The number of rotatable bonds is 12. The minimum atomic E-state index is -0.565. The molecule has 0 radical (unpaired) electrons. The molecular formula is C27H34N2O3. The number of benzene rings is 3. The average molecular weight is 435 g/mol. The van der Waals surface area contributed by atoms with Crippen molar-refractivity contribution in [2.24, 2.45) is 5.73 Å². The Morgan fingerprint density at radius 3 is 1.72 bits per heavy atom. The molecule has 2 atom stereocenters. The van der Waals surface area contributed by atoms with Crippen LogP contribution < -0.4 is 15.2 Å². The van der Waals surface area contributed by atoms with Crippen molar-refractivity contribution in [3.05, 3.63) is 95.6 Å². The van der Waals surface area contributed by atoms with E-state index in [4.69, 9.17) is 15.2 Å². The molecule has 3 N–H and O–H groups in total. The highest BCUT2D eigenvalue weighted by molar-refractivity contribution is 5.28. The third-order valence-corrected chi connectivity index (χ3v) is 5.68. The van der Waals surface area contributed by atoms with Crippen LogP contribution in [0.5, 0.6) is 11.5 Å². The Kier molecular flexibility index (Phi) is 9.11. The molecule has 32 heavy (non-hydrogen) atoms. The maximum absolute atomic E-state index is 10.7. The van der Waals surface area contributed by atoms with Crippen LogP contribution in [0.4, 0.5) is 0 Å². The highest BCUT2D eigenvalue weighted by Gasteiger charge is 2.17. The fraction of sp³-hybridized carbons (Fsp3) is 0.333. The van der Waals surface area contributed by atoms with Gasteiger partial charge in [-0.05, 0) is 53.8 Å². The fourth-order valence-electron chi connectivity index (χ4n) is 3.74. The highest BCUT2D eigenvalue weighted by Crippen LogP contribution is 2.18. The minimum Gasteiger partial charge on any atom is -0.497 e. The number of ether oxygens (including phenoxy) is 2. The number of aliphatic hydroxyl groups is 1. The summed E-state index contributed by atoms with van der Waals surface area (Å²) < 4.78 is 10.5. The summed E-state index contributed by atoms with van der Waals surface area (Å²) in [7, 11) is 3.34. The second-order valence-electron chi connectivity index (χ2n) is 8.12. The van der Waals surface area contributed by atoms with Crippen LogP contribution in [0.3, 0.4) is 0 Å². The number of nitrogens with two attached hydrogens (primary N) is 1. The first-order chi connectivity index (χ1) is 15.6. The zero-order chi connectivity index (χ0) is 22.8. The molecule has 0 spiro atoms. The van der Waals surface area contributed by atoms with Gasteiger partial charge < -0.3 is 20.3 Å². The number of nitrogens with zero attached hydrogens (tertiary/aromatic N) is 1. The van der Waals surface area contributed by atoms with Crippen LogP contribution in [0.25, 0.3) is 0 Å². The number of methoxy groups -OCH3 is 2. The molecule has 0 aromatic heterocycles. The van der Waals surface area contributed by atoms with Gasteiger partial charge in [-0.3, -0.25) is 4.90 Å². The quantitative estimate of drug-likeness (QED) is 0.451. The first kappa shape index (κ1) is 23.8. The molecule has 0 aliphatic heterocycles. The van der Waals surface area contributed by atoms with Crippen molar-refractivity contribution in [1.82, 2.24) is 4.90 Å². The van der Waals surface area contributed by atoms with E-state index in [0.29, 0.717) is 12.8 Å². The SMILES string of the molecule is COc1ccc(CN(CC[C@@H](O)[C@@H](N)Cc2ccccc2)Cc2ccc(OC)cc2)cc1. The van der Waals surface area contributed by atoms with Crippen LogP contribution in [-0.2, 0) is 19.5 Å². The summed E-state index contributed by atoms with van der Waals surface area (Å²) in [5.41, 5.74) is 9.85. The molecular weight excluding hydrogens is 400 g/mol. The van der Waals surface area contributed by atoms with Crippen molar-refractivity contribution in [3.63, 3.8) is 0 Å². The predicted octanol–water partition coefficient (Wildman–Crippen LogP) is 4.03. The van der Waals surface area contributed by atoms with Crippen LogP contribution in [-0.4, -0.2) is 42.9 Å². The Hall–Kier alpha value is -2.86.